The largest absolute Gasteiger partial charge is 0.481 e. The minimum atomic E-state index is -0.849. The monoisotopic (exact) mass is 236 g/mol. The number of carbonyl (C=O) groups is 1. The molecule has 0 unspecified atom stereocenters. The van der Waals surface area contributed by atoms with Gasteiger partial charge >= 0.3 is 5.97 Å². The molecule has 1 N–H and O–H groups in total. The highest BCUT2D eigenvalue weighted by Gasteiger charge is 2.02. The molecule has 1 heterocycles. The number of ether oxygens (including phenoxy) is 1. The summed E-state index contributed by atoms with van der Waals surface area (Å²) in [7, 11) is 0. The Bertz CT molecular complexity index is 467. The highest BCUT2D eigenvalue weighted by atomic mass is 32.1. The molecule has 0 spiro atoms. The van der Waals surface area contributed by atoms with Crippen molar-refractivity contribution in [3.63, 3.8) is 0 Å². The highest BCUT2D eigenvalue weighted by molar-refractivity contribution is 7.11. The number of carboxylic acids is 1. The van der Waals surface area contributed by atoms with E-state index in [0.29, 0.717) is 10.9 Å². The minimum absolute atomic E-state index is 0.0130. The summed E-state index contributed by atoms with van der Waals surface area (Å²) in [6, 6.07) is 6.84. The molecule has 0 aliphatic heterocycles. The van der Waals surface area contributed by atoms with Gasteiger partial charge in [0.2, 0.25) is 0 Å². The van der Waals surface area contributed by atoms with E-state index in [2.05, 4.69) is 10.2 Å². The number of hydrogen-bond acceptors (Lipinski definition) is 5. The predicted octanol–water partition coefficient (Wildman–Crippen LogP) is 1.96. The van der Waals surface area contributed by atoms with E-state index in [1.807, 2.05) is 0 Å². The van der Waals surface area contributed by atoms with E-state index in [1.54, 1.807) is 29.8 Å². The molecule has 2 aromatic rings. The third-order valence-corrected chi connectivity index (χ3v) is 2.39. The van der Waals surface area contributed by atoms with Crippen LogP contribution < -0.4 is 4.74 Å². The van der Waals surface area contributed by atoms with Gasteiger partial charge in [-0.1, -0.05) is 28.6 Å². The van der Waals surface area contributed by atoms with Gasteiger partial charge in [-0.25, -0.2) is 0 Å². The molecule has 0 aliphatic rings. The molecule has 1 aromatic heterocycles. The fraction of sp³-hybridized carbons (Fsp3) is 0.100. The fourth-order valence-electron chi connectivity index (χ4n) is 1.16. The smallest absolute Gasteiger partial charge is 0.307 e. The van der Waals surface area contributed by atoms with Crippen LogP contribution in [0, 0.1) is 0 Å². The maximum atomic E-state index is 10.5. The van der Waals surface area contributed by atoms with Crippen LogP contribution in [0.25, 0.3) is 0 Å². The number of nitrogens with zero attached hydrogens (tertiary/aromatic N) is 2. The van der Waals surface area contributed by atoms with Crippen LogP contribution >= 0.6 is 11.3 Å². The topological polar surface area (TPSA) is 72.3 Å². The van der Waals surface area contributed by atoms with Crippen LogP contribution in [0.1, 0.15) is 5.56 Å². The Morgan fingerprint density at radius 2 is 2.12 bits per heavy atom. The van der Waals surface area contributed by atoms with Crippen molar-refractivity contribution in [2.75, 3.05) is 0 Å². The van der Waals surface area contributed by atoms with Crippen LogP contribution in [0.2, 0.25) is 0 Å². The quantitative estimate of drug-likeness (QED) is 0.878. The van der Waals surface area contributed by atoms with Gasteiger partial charge in [0.05, 0.1) is 6.42 Å². The normalized spacial score (nSPS) is 10.0. The predicted molar refractivity (Wildman–Crippen MR) is 57.8 cm³/mol. The number of hydrogen-bond donors (Lipinski definition) is 1. The number of carboxylic acid groups (broad SMARTS) is 1. The molecule has 5 nitrogen and oxygen atoms in total. The minimum Gasteiger partial charge on any atom is -0.481 e. The van der Waals surface area contributed by atoms with Crippen LogP contribution in [0.5, 0.6) is 10.9 Å². The van der Waals surface area contributed by atoms with Crippen molar-refractivity contribution in [3.8, 4) is 10.9 Å². The van der Waals surface area contributed by atoms with E-state index in [1.165, 1.54) is 11.3 Å². The summed E-state index contributed by atoms with van der Waals surface area (Å²) in [5.74, 6) is -0.233. The second-order valence-corrected chi connectivity index (χ2v) is 3.82. The Kier molecular flexibility index (Phi) is 3.11. The van der Waals surface area contributed by atoms with Gasteiger partial charge in [-0.15, -0.1) is 5.10 Å². The first-order chi connectivity index (χ1) is 7.74. The number of benzene rings is 1. The second-order valence-electron chi connectivity index (χ2n) is 3.02. The molecule has 0 saturated heterocycles. The molecule has 1 aromatic carbocycles. The van der Waals surface area contributed by atoms with Gasteiger partial charge in [0.15, 0.2) is 0 Å². The fourth-order valence-corrected chi connectivity index (χ4v) is 1.58. The summed E-state index contributed by atoms with van der Waals surface area (Å²) in [5.41, 5.74) is 2.31. The van der Waals surface area contributed by atoms with Crippen LogP contribution in [-0.2, 0) is 11.2 Å². The Labute approximate surface area is 95.3 Å². The summed E-state index contributed by atoms with van der Waals surface area (Å²) in [6.07, 6.45) is 0.0130. The molecule has 0 amide bonds. The van der Waals surface area contributed by atoms with Crippen molar-refractivity contribution in [2.45, 2.75) is 6.42 Å². The Morgan fingerprint density at radius 1 is 1.38 bits per heavy atom. The van der Waals surface area contributed by atoms with Gasteiger partial charge in [0.1, 0.15) is 11.3 Å². The average molecular weight is 236 g/mol. The van der Waals surface area contributed by atoms with Gasteiger partial charge in [-0.3, -0.25) is 4.79 Å². The molecular formula is C10H8N2O3S. The van der Waals surface area contributed by atoms with Crippen LogP contribution in [0.15, 0.2) is 29.8 Å². The standard InChI is InChI=1S/C10H8N2O3S/c13-9(14)5-7-1-3-8(4-2-7)15-10-12-11-6-16-10/h1-4,6H,5H2,(H,13,14). The SMILES string of the molecule is O=C(O)Cc1ccc(Oc2nncs2)cc1. The summed E-state index contributed by atoms with van der Waals surface area (Å²) < 4.78 is 5.38. The molecule has 0 aliphatic carbocycles. The van der Waals surface area contributed by atoms with E-state index in [4.69, 9.17) is 9.84 Å². The van der Waals surface area contributed by atoms with Crippen molar-refractivity contribution >= 4 is 17.3 Å². The van der Waals surface area contributed by atoms with Crippen LogP contribution in [0.3, 0.4) is 0 Å². The molecular weight excluding hydrogens is 228 g/mol. The summed E-state index contributed by atoms with van der Waals surface area (Å²) in [6.45, 7) is 0. The molecule has 82 valence electrons. The Morgan fingerprint density at radius 3 is 2.69 bits per heavy atom. The van der Waals surface area contributed by atoms with Crippen molar-refractivity contribution in [1.29, 1.82) is 0 Å². The first-order valence-corrected chi connectivity index (χ1v) is 5.37. The molecule has 0 bridgehead atoms. The first-order valence-electron chi connectivity index (χ1n) is 4.49. The average Bonchev–Trinajstić information content (AvgIpc) is 2.73. The van der Waals surface area contributed by atoms with Crippen LogP contribution in [0.4, 0.5) is 0 Å². The molecule has 0 saturated carbocycles. The maximum absolute atomic E-state index is 10.5. The highest BCUT2D eigenvalue weighted by Crippen LogP contribution is 2.22. The van der Waals surface area contributed by atoms with Crippen molar-refractivity contribution < 1.29 is 14.6 Å². The Hall–Kier alpha value is -1.95. The van der Waals surface area contributed by atoms with Gasteiger partial charge in [-0.05, 0) is 17.7 Å². The molecule has 0 radical (unpaired) electrons. The van der Waals surface area contributed by atoms with Gasteiger partial charge in [0.25, 0.3) is 5.19 Å². The maximum Gasteiger partial charge on any atom is 0.307 e. The van der Waals surface area contributed by atoms with E-state index in [-0.39, 0.29) is 6.42 Å². The summed E-state index contributed by atoms with van der Waals surface area (Å²) in [5, 5.41) is 16.4. The lowest BCUT2D eigenvalue weighted by atomic mass is 10.1. The number of rotatable bonds is 4. The first kappa shape index (κ1) is 10.6. The molecule has 2 rings (SSSR count). The zero-order valence-electron chi connectivity index (χ0n) is 8.16. The third-order valence-electron chi connectivity index (χ3n) is 1.82. The van der Waals surface area contributed by atoms with Crippen molar-refractivity contribution in [3.05, 3.63) is 35.3 Å². The zero-order chi connectivity index (χ0) is 11.4. The Balaban J connectivity index is 2.05. The molecule has 16 heavy (non-hydrogen) atoms. The van der Waals surface area contributed by atoms with E-state index < -0.39 is 5.97 Å². The van der Waals surface area contributed by atoms with Crippen LogP contribution in [-0.4, -0.2) is 21.3 Å². The van der Waals surface area contributed by atoms with E-state index in [0.717, 1.165) is 5.56 Å². The number of aliphatic carboxylic acids is 1. The van der Waals surface area contributed by atoms with Gasteiger partial charge in [-0.2, -0.15) is 0 Å². The lowest BCUT2D eigenvalue weighted by Gasteiger charge is -2.01. The zero-order valence-corrected chi connectivity index (χ0v) is 8.98. The summed E-state index contributed by atoms with van der Waals surface area (Å²) in [4.78, 5) is 10.5. The van der Waals surface area contributed by atoms with Gasteiger partial charge < -0.3 is 9.84 Å². The van der Waals surface area contributed by atoms with Crippen molar-refractivity contribution in [1.82, 2.24) is 10.2 Å². The van der Waals surface area contributed by atoms with Gasteiger partial charge in [0, 0.05) is 0 Å². The number of aromatic nitrogens is 2. The third kappa shape index (κ3) is 2.77. The lowest BCUT2D eigenvalue weighted by molar-refractivity contribution is -0.136. The summed E-state index contributed by atoms with van der Waals surface area (Å²) >= 11 is 1.29. The molecule has 0 fully saturated rings. The van der Waals surface area contributed by atoms with E-state index in [9.17, 15) is 4.79 Å². The lowest BCUT2D eigenvalue weighted by Crippen LogP contribution is -1.99. The molecule has 0 atom stereocenters. The van der Waals surface area contributed by atoms with Crippen molar-refractivity contribution in [2.24, 2.45) is 0 Å². The molecule has 6 heteroatoms. The second kappa shape index (κ2) is 4.71. The van der Waals surface area contributed by atoms with E-state index >= 15 is 0 Å².